The first kappa shape index (κ1) is 30.7. The molecule has 1 aliphatic rings. The summed E-state index contributed by atoms with van der Waals surface area (Å²) in [5, 5.41) is 15.0. The second-order valence-electron chi connectivity index (χ2n) is 11.8. The van der Waals surface area contributed by atoms with E-state index >= 15 is 0 Å². The van der Waals surface area contributed by atoms with E-state index in [2.05, 4.69) is 10.6 Å². The predicted octanol–water partition coefficient (Wildman–Crippen LogP) is 4.12. The summed E-state index contributed by atoms with van der Waals surface area (Å²) in [6, 6.07) is 16.6. The number of nitrogens with one attached hydrogen (secondary N) is 2. The van der Waals surface area contributed by atoms with Crippen LogP contribution in [0.15, 0.2) is 60.7 Å². The van der Waals surface area contributed by atoms with Gasteiger partial charge < -0.3 is 20.5 Å². The molecule has 9 heteroatoms. The van der Waals surface area contributed by atoms with Crippen molar-refractivity contribution in [2.45, 2.75) is 83.5 Å². The Labute approximate surface area is 236 Å². The Morgan fingerprint density at radius 3 is 2.10 bits per heavy atom. The average Bonchev–Trinajstić information content (AvgIpc) is 3.67. The zero-order valence-corrected chi connectivity index (χ0v) is 23.9. The Bertz CT molecular complexity index is 1160. The summed E-state index contributed by atoms with van der Waals surface area (Å²) in [7, 11) is 0. The lowest BCUT2D eigenvalue weighted by molar-refractivity contribution is -0.142. The number of hydrogen-bond acceptors (Lipinski definition) is 5. The van der Waals surface area contributed by atoms with Crippen LogP contribution < -0.4 is 10.6 Å². The third-order valence-corrected chi connectivity index (χ3v) is 6.58. The van der Waals surface area contributed by atoms with Crippen molar-refractivity contribution in [3.63, 3.8) is 0 Å². The van der Waals surface area contributed by atoms with E-state index in [0.29, 0.717) is 6.42 Å². The predicted molar refractivity (Wildman–Crippen MR) is 152 cm³/mol. The van der Waals surface area contributed by atoms with Crippen molar-refractivity contribution in [2.24, 2.45) is 5.92 Å². The summed E-state index contributed by atoms with van der Waals surface area (Å²) in [6.07, 6.45) is 0.509. The largest absolute Gasteiger partial charge is 0.480 e. The van der Waals surface area contributed by atoms with E-state index in [4.69, 9.17) is 4.74 Å². The van der Waals surface area contributed by atoms with Gasteiger partial charge in [0.05, 0.1) is 0 Å². The lowest BCUT2D eigenvalue weighted by atomic mass is 10.0. The molecule has 0 aliphatic heterocycles. The number of ether oxygens (including phenoxy) is 1. The maximum absolute atomic E-state index is 13.3. The van der Waals surface area contributed by atoms with Crippen LogP contribution in [0.2, 0.25) is 0 Å². The van der Waals surface area contributed by atoms with Crippen LogP contribution in [0.1, 0.15) is 64.5 Å². The highest BCUT2D eigenvalue weighted by atomic mass is 16.6. The van der Waals surface area contributed by atoms with Crippen molar-refractivity contribution in [3.8, 4) is 0 Å². The minimum Gasteiger partial charge on any atom is -0.480 e. The molecule has 0 spiro atoms. The number of amides is 3. The fourth-order valence-corrected chi connectivity index (χ4v) is 4.64. The zero-order valence-electron chi connectivity index (χ0n) is 23.9. The van der Waals surface area contributed by atoms with Gasteiger partial charge >= 0.3 is 12.1 Å². The standard InChI is InChI=1S/C31H41N3O6/c1-20(2)16-25(29(37)38)33-28(36)24(17-21-12-8-6-9-13-21)32-27(35)19-34(30(39)40-31(3,4)5)26-18-23(26)22-14-10-7-11-15-22/h6-15,20,23-26H,16-19H2,1-5H3,(H,32,35)(H,33,36)(H,37,38)/t23-,24-,25-,26+/m1/s1. The van der Waals surface area contributed by atoms with Gasteiger partial charge in [-0.3, -0.25) is 14.5 Å². The van der Waals surface area contributed by atoms with Crippen LogP contribution in [-0.4, -0.2) is 64.2 Å². The van der Waals surface area contributed by atoms with Gasteiger partial charge in [0.2, 0.25) is 11.8 Å². The van der Waals surface area contributed by atoms with Crippen LogP contribution in [0.5, 0.6) is 0 Å². The van der Waals surface area contributed by atoms with Gasteiger partial charge in [-0.15, -0.1) is 0 Å². The molecule has 2 aromatic carbocycles. The van der Waals surface area contributed by atoms with E-state index < -0.39 is 41.6 Å². The van der Waals surface area contributed by atoms with Crippen molar-refractivity contribution in [2.75, 3.05) is 6.54 Å². The molecular formula is C31H41N3O6. The molecule has 3 amide bonds. The van der Waals surface area contributed by atoms with Crippen LogP contribution in [0.4, 0.5) is 4.79 Å². The quantitative estimate of drug-likeness (QED) is 0.364. The molecule has 9 nitrogen and oxygen atoms in total. The van der Waals surface area contributed by atoms with Crippen LogP contribution in [-0.2, 0) is 25.5 Å². The van der Waals surface area contributed by atoms with E-state index in [9.17, 15) is 24.3 Å². The summed E-state index contributed by atoms with van der Waals surface area (Å²) in [5.41, 5.74) is 1.13. The number of carboxylic acid groups (broad SMARTS) is 1. The van der Waals surface area contributed by atoms with Crippen LogP contribution >= 0.6 is 0 Å². The molecule has 0 aromatic heterocycles. The Kier molecular flexibility index (Phi) is 10.3. The Balaban J connectivity index is 1.78. The molecule has 40 heavy (non-hydrogen) atoms. The normalized spacial score (nSPS) is 17.9. The molecular weight excluding hydrogens is 510 g/mol. The van der Waals surface area contributed by atoms with Crippen LogP contribution in [0, 0.1) is 5.92 Å². The summed E-state index contributed by atoms with van der Waals surface area (Å²) >= 11 is 0. The van der Waals surface area contributed by atoms with Gasteiger partial charge in [0, 0.05) is 18.4 Å². The molecule has 0 saturated heterocycles. The zero-order chi connectivity index (χ0) is 29.4. The Morgan fingerprint density at radius 2 is 1.55 bits per heavy atom. The highest BCUT2D eigenvalue weighted by Crippen LogP contribution is 2.45. The molecule has 1 aliphatic carbocycles. The summed E-state index contributed by atoms with van der Waals surface area (Å²) in [4.78, 5) is 53.0. The molecule has 0 radical (unpaired) electrons. The highest BCUT2D eigenvalue weighted by Gasteiger charge is 2.46. The third-order valence-electron chi connectivity index (χ3n) is 6.58. The van der Waals surface area contributed by atoms with Crippen molar-refractivity contribution >= 4 is 23.9 Å². The lowest BCUT2D eigenvalue weighted by Crippen LogP contribution is -2.54. The van der Waals surface area contributed by atoms with E-state index in [1.165, 1.54) is 4.90 Å². The van der Waals surface area contributed by atoms with Crippen molar-refractivity contribution in [1.82, 2.24) is 15.5 Å². The maximum atomic E-state index is 13.3. The van der Waals surface area contributed by atoms with Crippen molar-refractivity contribution in [1.29, 1.82) is 0 Å². The number of carbonyl (C=O) groups is 4. The maximum Gasteiger partial charge on any atom is 0.411 e. The van der Waals surface area contributed by atoms with Crippen molar-refractivity contribution in [3.05, 3.63) is 71.8 Å². The van der Waals surface area contributed by atoms with Gasteiger partial charge in [0.1, 0.15) is 24.2 Å². The molecule has 216 valence electrons. The Morgan fingerprint density at radius 1 is 0.950 bits per heavy atom. The molecule has 1 saturated carbocycles. The first-order valence-corrected chi connectivity index (χ1v) is 13.7. The van der Waals surface area contributed by atoms with E-state index in [-0.39, 0.29) is 37.3 Å². The summed E-state index contributed by atoms with van der Waals surface area (Å²) in [5.74, 6) is -2.14. The minimum absolute atomic E-state index is 0.0436. The number of rotatable bonds is 12. The second kappa shape index (κ2) is 13.5. The number of hydrogen-bond donors (Lipinski definition) is 3. The SMILES string of the molecule is CC(C)C[C@@H](NC(=O)[C@@H](Cc1ccccc1)NC(=O)CN(C(=O)OC(C)(C)C)[C@H]1C[C@@H]1c1ccccc1)C(=O)O. The topological polar surface area (TPSA) is 125 Å². The summed E-state index contributed by atoms with van der Waals surface area (Å²) < 4.78 is 5.61. The lowest BCUT2D eigenvalue weighted by Gasteiger charge is -2.28. The van der Waals surface area contributed by atoms with Gasteiger partial charge in [-0.2, -0.15) is 0 Å². The Hall–Kier alpha value is -3.88. The number of nitrogens with zero attached hydrogens (tertiary/aromatic N) is 1. The molecule has 2 aromatic rings. The summed E-state index contributed by atoms with van der Waals surface area (Å²) in [6.45, 7) is 8.74. The molecule has 3 N–H and O–H groups in total. The minimum atomic E-state index is -1.14. The van der Waals surface area contributed by atoms with Crippen LogP contribution in [0.3, 0.4) is 0 Å². The third kappa shape index (κ3) is 9.39. The monoisotopic (exact) mass is 551 g/mol. The molecule has 3 rings (SSSR count). The van der Waals surface area contributed by atoms with Crippen LogP contribution in [0.25, 0.3) is 0 Å². The first-order valence-electron chi connectivity index (χ1n) is 13.7. The van der Waals surface area contributed by atoms with E-state index in [0.717, 1.165) is 11.1 Å². The number of carboxylic acids is 1. The van der Waals surface area contributed by atoms with Gasteiger partial charge in [-0.05, 0) is 50.7 Å². The van der Waals surface area contributed by atoms with Gasteiger partial charge in [-0.1, -0.05) is 74.5 Å². The smallest absolute Gasteiger partial charge is 0.411 e. The first-order chi connectivity index (χ1) is 18.8. The van der Waals surface area contributed by atoms with E-state index in [1.54, 1.807) is 20.8 Å². The average molecular weight is 552 g/mol. The molecule has 1 fully saturated rings. The molecule has 4 atom stereocenters. The fourth-order valence-electron chi connectivity index (χ4n) is 4.64. The number of benzene rings is 2. The number of aliphatic carboxylic acids is 1. The fraction of sp³-hybridized carbons (Fsp3) is 0.484. The molecule has 0 unspecified atom stereocenters. The van der Waals surface area contributed by atoms with Gasteiger partial charge in [0.25, 0.3) is 0 Å². The van der Waals surface area contributed by atoms with Gasteiger partial charge in [0.15, 0.2) is 0 Å². The van der Waals surface area contributed by atoms with Crippen molar-refractivity contribution < 1.29 is 29.0 Å². The molecule has 0 bridgehead atoms. The second-order valence-corrected chi connectivity index (χ2v) is 11.8. The number of carbonyl (C=O) groups excluding carboxylic acids is 3. The highest BCUT2D eigenvalue weighted by molar-refractivity contribution is 5.92. The molecule has 0 heterocycles. The van der Waals surface area contributed by atoms with Gasteiger partial charge in [-0.25, -0.2) is 9.59 Å². The van der Waals surface area contributed by atoms with E-state index in [1.807, 2.05) is 74.5 Å².